The maximum Gasteiger partial charge on any atom is 0.182 e. The molecule has 2 fully saturated rings. The van der Waals surface area contributed by atoms with E-state index in [4.69, 9.17) is 0 Å². The average Bonchev–Trinajstić information content (AvgIpc) is 3.03. The van der Waals surface area contributed by atoms with Crippen LogP contribution in [0.3, 0.4) is 0 Å². The van der Waals surface area contributed by atoms with Crippen molar-refractivity contribution in [2.24, 2.45) is 11.3 Å². The van der Waals surface area contributed by atoms with E-state index in [0.717, 1.165) is 23.3 Å². The molecular weight excluding hydrogens is 192 g/mol. The molecule has 2 aliphatic rings. The summed E-state index contributed by atoms with van der Waals surface area (Å²) in [6.45, 7) is 3.21. The van der Waals surface area contributed by atoms with Crippen molar-refractivity contribution >= 4 is 16.5 Å². The Hall–Kier alpha value is -0.570. The molecule has 1 heterocycles. The fourth-order valence-electron chi connectivity index (χ4n) is 2.27. The van der Waals surface area contributed by atoms with Crippen molar-refractivity contribution < 1.29 is 0 Å². The first-order chi connectivity index (χ1) is 6.78. The lowest BCUT2D eigenvalue weighted by Crippen LogP contribution is -2.17. The Kier molecular flexibility index (Phi) is 1.84. The zero-order valence-corrected chi connectivity index (χ0v) is 9.36. The molecule has 1 aromatic rings. The summed E-state index contributed by atoms with van der Waals surface area (Å²) in [6.07, 6.45) is 5.82. The Morgan fingerprint density at radius 1 is 1.57 bits per heavy atom. The minimum atomic E-state index is 0.680. The zero-order valence-electron chi connectivity index (χ0n) is 8.55. The minimum absolute atomic E-state index is 0.680. The van der Waals surface area contributed by atoms with E-state index < -0.39 is 0 Å². The summed E-state index contributed by atoms with van der Waals surface area (Å²) in [5.41, 5.74) is 1.81. The van der Waals surface area contributed by atoms with Gasteiger partial charge in [0.2, 0.25) is 0 Å². The predicted octanol–water partition coefficient (Wildman–Crippen LogP) is 3.05. The number of nitrogens with one attached hydrogen (secondary N) is 1. The molecule has 0 spiro atoms. The van der Waals surface area contributed by atoms with Gasteiger partial charge in [0.25, 0.3) is 0 Å². The van der Waals surface area contributed by atoms with Gasteiger partial charge in [-0.1, -0.05) is 0 Å². The van der Waals surface area contributed by atoms with Gasteiger partial charge in [0.05, 0.1) is 5.69 Å². The van der Waals surface area contributed by atoms with Crippen LogP contribution in [0.4, 0.5) is 5.13 Å². The van der Waals surface area contributed by atoms with Crippen molar-refractivity contribution in [3.63, 3.8) is 0 Å². The lowest BCUT2D eigenvalue weighted by atomic mass is 10.0. The second kappa shape index (κ2) is 2.96. The lowest BCUT2D eigenvalue weighted by molar-refractivity contribution is 0.467. The fraction of sp³-hybridized carbons (Fsp3) is 0.727. The Morgan fingerprint density at radius 3 is 2.86 bits per heavy atom. The van der Waals surface area contributed by atoms with Crippen molar-refractivity contribution in [1.29, 1.82) is 0 Å². The zero-order chi connectivity index (χ0) is 9.60. The van der Waals surface area contributed by atoms with Crippen molar-refractivity contribution in [3.8, 4) is 0 Å². The summed E-state index contributed by atoms with van der Waals surface area (Å²) in [7, 11) is 0. The van der Waals surface area contributed by atoms with Gasteiger partial charge in [0.15, 0.2) is 5.13 Å². The van der Waals surface area contributed by atoms with Crippen LogP contribution in [0.15, 0.2) is 5.38 Å². The smallest absolute Gasteiger partial charge is 0.182 e. The molecule has 0 saturated heterocycles. The van der Waals surface area contributed by atoms with Gasteiger partial charge in [-0.15, -0.1) is 11.3 Å². The number of hydrogen-bond donors (Lipinski definition) is 1. The maximum atomic E-state index is 4.43. The molecule has 3 heteroatoms. The standard InChI is InChI=1S/C11H16N2S/c1-8-6-14-10(13-8)12-7-11(4-5-11)9-2-3-9/h6,9H,2-5,7H2,1H3,(H,12,13). The predicted molar refractivity (Wildman–Crippen MR) is 59.7 cm³/mol. The van der Waals surface area contributed by atoms with Crippen LogP contribution in [0.2, 0.25) is 0 Å². The highest BCUT2D eigenvalue weighted by Gasteiger charge is 2.53. The van der Waals surface area contributed by atoms with Gasteiger partial charge in [-0.2, -0.15) is 0 Å². The summed E-state index contributed by atoms with van der Waals surface area (Å²) in [4.78, 5) is 4.43. The molecule has 76 valence electrons. The van der Waals surface area contributed by atoms with E-state index in [-0.39, 0.29) is 0 Å². The first-order valence-electron chi connectivity index (χ1n) is 5.45. The normalized spacial score (nSPS) is 23.5. The van der Waals surface area contributed by atoms with Crippen LogP contribution in [0.25, 0.3) is 0 Å². The van der Waals surface area contributed by atoms with Gasteiger partial charge in [-0.05, 0) is 43.9 Å². The molecule has 0 amide bonds. The topological polar surface area (TPSA) is 24.9 Å². The van der Waals surface area contributed by atoms with Gasteiger partial charge in [0.1, 0.15) is 0 Å². The summed E-state index contributed by atoms with van der Waals surface area (Å²) in [5.74, 6) is 1.04. The quantitative estimate of drug-likeness (QED) is 0.822. The average molecular weight is 208 g/mol. The van der Waals surface area contributed by atoms with Gasteiger partial charge >= 0.3 is 0 Å². The second-order valence-corrected chi connectivity index (χ2v) is 5.64. The summed E-state index contributed by atoms with van der Waals surface area (Å²) < 4.78 is 0. The molecular formula is C11H16N2S. The molecule has 2 nitrogen and oxygen atoms in total. The Morgan fingerprint density at radius 2 is 2.36 bits per heavy atom. The van der Waals surface area contributed by atoms with Crippen LogP contribution < -0.4 is 5.32 Å². The van der Waals surface area contributed by atoms with Crippen LogP contribution in [0, 0.1) is 18.3 Å². The molecule has 14 heavy (non-hydrogen) atoms. The van der Waals surface area contributed by atoms with Crippen molar-refractivity contribution in [1.82, 2.24) is 4.98 Å². The first kappa shape index (κ1) is 8.72. The SMILES string of the molecule is Cc1csc(NCC2(C3CC3)CC2)n1. The molecule has 0 unspecified atom stereocenters. The number of hydrogen-bond acceptors (Lipinski definition) is 3. The molecule has 1 N–H and O–H groups in total. The Bertz CT molecular complexity index is 337. The van der Waals surface area contributed by atoms with Gasteiger partial charge in [-0.3, -0.25) is 0 Å². The molecule has 3 rings (SSSR count). The number of rotatable bonds is 4. The second-order valence-electron chi connectivity index (χ2n) is 4.78. The molecule has 0 bridgehead atoms. The summed E-state index contributed by atoms with van der Waals surface area (Å²) >= 11 is 1.73. The van der Waals surface area contributed by atoms with E-state index in [2.05, 4.69) is 22.6 Å². The van der Waals surface area contributed by atoms with Gasteiger partial charge < -0.3 is 5.32 Å². The van der Waals surface area contributed by atoms with Crippen molar-refractivity contribution in [3.05, 3.63) is 11.1 Å². The first-order valence-corrected chi connectivity index (χ1v) is 6.32. The third kappa shape index (κ3) is 1.54. The largest absolute Gasteiger partial charge is 0.361 e. The van der Waals surface area contributed by atoms with E-state index in [1.54, 1.807) is 11.3 Å². The number of nitrogens with zero attached hydrogens (tertiary/aromatic N) is 1. The molecule has 0 aliphatic heterocycles. The van der Waals surface area contributed by atoms with Gasteiger partial charge in [0, 0.05) is 11.9 Å². The van der Waals surface area contributed by atoms with Crippen LogP contribution in [-0.2, 0) is 0 Å². The van der Waals surface area contributed by atoms with E-state index in [1.165, 1.54) is 25.7 Å². The highest BCUT2D eigenvalue weighted by molar-refractivity contribution is 7.13. The van der Waals surface area contributed by atoms with E-state index in [1.807, 2.05) is 0 Å². The highest BCUT2D eigenvalue weighted by atomic mass is 32.1. The summed E-state index contributed by atoms with van der Waals surface area (Å²) in [5, 5.41) is 6.71. The van der Waals surface area contributed by atoms with E-state index >= 15 is 0 Å². The van der Waals surface area contributed by atoms with Crippen LogP contribution >= 0.6 is 11.3 Å². The number of anilines is 1. The van der Waals surface area contributed by atoms with Crippen LogP contribution in [0.5, 0.6) is 0 Å². The van der Waals surface area contributed by atoms with Crippen molar-refractivity contribution in [2.75, 3.05) is 11.9 Å². The Balaban J connectivity index is 1.59. The van der Waals surface area contributed by atoms with Crippen molar-refractivity contribution in [2.45, 2.75) is 32.6 Å². The molecule has 0 atom stereocenters. The minimum Gasteiger partial charge on any atom is -0.361 e. The highest BCUT2D eigenvalue weighted by Crippen LogP contribution is 2.61. The molecule has 1 aromatic heterocycles. The number of aromatic nitrogens is 1. The van der Waals surface area contributed by atoms with Crippen LogP contribution in [-0.4, -0.2) is 11.5 Å². The monoisotopic (exact) mass is 208 g/mol. The third-order valence-corrected chi connectivity index (χ3v) is 4.46. The number of aryl methyl sites for hydroxylation is 1. The lowest BCUT2D eigenvalue weighted by Gasteiger charge is -2.13. The molecule has 0 aromatic carbocycles. The molecule has 2 aliphatic carbocycles. The molecule has 2 saturated carbocycles. The molecule has 0 radical (unpaired) electrons. The Labute approximate surface area is 88.7 Å². The van der Waals surface area contributed by atoms with E-state index in [0.29, 0.717) is 5.41 Å². The fourth-order valence-corrected chi connectivity index (χ4v) is 2.96. The van der Waals surface area contributed by atoms with Gasteiger partial charge in [-0.25, -0.2) is 4.98 Å². The summed E-state index contributed by atoms with van der Waals surface area (Å²) in [6, 6.07) is 0. The maximum absolute atomic E-state index is 4.43. The number of thiazole rings is 1. The van der Waals surface area contributed by atoms with Crippen LogP contribution in [0.1, 0.15) is 31.4 Å². The van der Waals surface area contributed by atoms with E-state index in [9.17, 15) is 0 Å². The third-order valence-electron chi connectivity index (χ3n) is 3.55.